The summed E-state index contributed by atoms with van der Waals surface area (Å²) in [5.74, 6) is 0.280. The number of methoxy groups -OCH3 is 1. The Morgan fingerprint density at radius 1 is 1.25 bits per heavy atom. The van der Waals surface area contributed by atoms with Crippen molar-refractivity contribution in [3.05, 3.63) is 29.6 Å². The zero-order valence-electron chi connectivity index (χ0n) is 17.0. The summed E-state index contributed by atoms with van der Waals surface area (Å²) in [6.07, 6.45) is 5.64. The average Bonchev–Trinajstić information content (AvgIpc) is 2.74. The van der Waals surface area contributed by atoms with Crippen LogP contribution in [0.2, 0.25) is 0 Å². The average molecular weight is 389 g/mol. The molecule has 28 heavy (non-hydrogen) atoms. The molecule has 0 aromatic carbocycles. The molecule has 0 saturated carbocycles. The van der Waals surface area contributed by atoms with Crippen LogP contribution in [0.5, 0.6) is 0 Å². The van der Waals surface area contributed by atoms with E-state index in [2.05, 4.69) is 15.2 Å². The highest BCUT2D eigenvalue weighted by atomic mass is 16.5. The van der Waals surface area contributed by atoms with Gasteiger partial charge in [0.25, 0.3) is 5.91 Å². The maximum absolute atomic E-state index is 12.8. The van der Waals surface area contributed by atoms with Gasteiger partial charge in [0.1, 0.15) is 0 Å². The number of likely N-dealkylation sites (tertiary alicyclic amines) is 2. The smallest absolute Gasteiger partial charge is 0.255 e. The number of amides is 2. The molecule has 0 radical (unpaired) electrons. The molecule has 1 aromatic rings. The lowest BCUT2D eigenvalue weighted by molar-refractivity contribution is -0.127. The van der Waals surface area contributed by atoms with Gasteiger partial charge in [-0.1, -0.05) is 0 Å². The standard InChI is InChI=1S/C21H32N4O3/c1-16-19(6-3-9-22-16)21(27)24-12-7-18(8-13-24)25-11-4-5-17(15-25)20(26)23-10-14-28-2/h3,6,9,17-18H,4-5,7-8,10-15H2,1-2H3,(H,23,26)/t17-/m1/s1. The lowest BCUT2D eigenvalue weighted by Crippen LogP contribution is -2.51. The van der Waals surface area contributed by atoms with E-state index < -0.39 is 0 Å². The van der Waals surface area contributed by atoms with Gasteiger partial charge in [0.15, 0.2) is 0 Å². The van der Waals surface area contributed by atoms with E-state index >= 15 is 0 Å². The van der Waals surface area contributed by atoms with E-state index in [9.17, 15) is 9.59 Å². The second-order valence-electron chi connectivity index (χ2n) is 7.78. The molecule has 154 valence electrons. The number of carbonyl (C=O) groups is 2. The molecule has 7 heteroatoms. The molecule has 2 amide bonds. The van der Waals surface area contributed by atoms with Crippen molar-refractivity contribution in [1.82, 2.24) is 20.1 Å². The van der Waals surface area contributed by atoms with Crippen molar-refractivity contribution in [2.75, 3.05) is 46.4 Å². The van der Waals surface area contributed by atoms with E-state index in [0.29, 0.717) is 24.8 Å². The number of carbonyl (C=O) groups excluding carboxylic acids is 2. The minimum absolute atomic E-state index is 0.0586. The molecule has 0 spiro atoms. The molecular weight excluding hydrogens is 356 g/mol. The number of piperidine rings is 2. The Morgan fingerprint density at radius 3 is 2.75 bits per heavy atom. The van der Waals surface area contributed by atoms with Crippen LogP contribution in [0, 0.1) is 12.8 Å². The molecular formula is C21H32N4O3. The van der Waals surface area contributed by atoms with Gasteiger partial charge in [-0.25, -0.2) is 0 Å². The lowest BCUT2D eigenvalue weighted by atomic mass is 9.93. The number of hydrogen-bond acceptors (Lipinski definition) is 5. The fourth-order valence-electron chi connectivity index (χ4n) is 4.29. The summed E-state index contributed by atoms with van der Waals surface area (Å²) in [5.41, 5.74) is 1.49. The highest BCUT2D eigenvalue weighted by molar-refractivity contribution is 5.95. The van der Waals surface area contributed by atoms with E-state index in [0.717, 1.165) is 57.6 Å². The maximum atomic E-state index is 12.8. The minimum Gasteiger partial charge on any atom is -0.383 e. The summed E-state index contributed by atoms with van der Waals surface area (Å²) in [5, 5.41) is 2.97. The van der Waals surface area contributed by atoms with Crippen LogP contribution in [0.4, 0.5) is 0 Å². The first kappa shape index (κ1) is 20.7. The largest absolute Gasteiger partial charge is 0.383 e. The van der Waals surface area contributed by atoms with Crippen LogP contribution in [-0.4, -0.2) is 79.1 Å². The van der Waals surface area contributed by atoms with Gasteiger partial charge in [0.2, 0.25) is 5.91 Å². The topological polar surface area (TPSA) is 74.8 Å². The van der Waals surface area contributed by atoms with E-state index in [4.69, 9.17) is 4.74 Å². The Balaban J connectivity index is 1.49. The first-order chi connectivity index (χ1) is 13.6. The Morgan fingerprint density at radius 2 is 2.04 bits per heavy atom. The summed E-state index contributed by atoms with van der Waals surface area (Å²) in [6.45, 7) is 6.39. The SMILES string of the molecule is COCCNC(=O)[C@@H]1CCCN(C2CCN(C(=O)c3cccnc3C)CC2)C1. The number of rotatable bonds is 6. The van der Waals surface area contributed by atoms with Crippen molar-refractivity contribution in [2.45, 2.75) is 38.6 Å². The number of hydrogen-bond donors (Lipinski definition) is 1. The number of ether oxygens (including phenoxy) is 1. The zero-order chi connectivity index (χ0) is 19.9. The minimum atomic E-state index is 0.0586. The molecule has 7 nitrogen and oxygen atoms in total. The van der Waals surface area contributed by atoms with Crippen LogP contribution in [0.3, 0.4) is 0 Å². The second kappa shape index (κ2) is 9.98. The van der Waals surface area contributed by atoms with Gasteiger partial charge in [0, 0.05) is 51.2 Å². The lowest BCUT2D eigenvalue weighted by Gasteiger charge is -2.42. The monoisotopic (exact) mass is 388 g/mol. The van der Waals surface area contributed by atoms with Crippen molar-refractivity contribution < 1.29 is 14.3 Å². The summed E-state index contributed by atoms with van der Waals surface area (Å²) in [4.78, 5) is 33.8. The van der Waals surface area contributed by atoms with E-state index in [-0.39, 0.29) is 17.7 Å². The molecule has 1 aromatic heterocycles. The quantitative estimate of drug-likeness (QED) is 0.747. The van der Waals surface area contributed by atoms with E-state index in [1.165, 1.54) is 0 Å². The molecule has 0 bridgehead atoms. The van der Waals surface area contributed by atoms with Gasteiger partial charge in [-0.2, -0.15) is 0 Å². The fourth-order valence-corrected chi connectivity index (χ4v) is 4.29. The summed E-state index contributed by atoms with van der Waals surface area (Å²) in [7, 11) is 1.64. The molecule has 2 aliphatic rings. The second-order valence-corrected chi connectivity index (χ2v) is 7.78. The molecule has 3 heterocycles. The number of nitrogens with one attached hydrogen (secondary N) is 1. The Bertz CT molecular complexity index is 673. The molecule has 0 aliphatic carbocycles. The summed E-state index contributed by atoms with van der Waals surface area (Å²) in [6, 6.07) is 4.13. The Labute approximate surface area is 167 Å². The van der Waals surface area contributed by atoms with E-state index in [1.807, 2.05) is 24.0 Å². The summed E-state index contributed by atoms with van der Waals surface area (Å²) < 4.78 is 5.00. The van der Waals surface area contributed by atoms with Gasteiger partial charge < -0.3 is 15.0 Å². The van der Waals surface area contributed by atoms with Gasteiger partial charge in [-0.3, -0.25) is 19.5 Å². The third-order valence-corrected chi connectivity index (χ3v) is 5.93. The van der Waals surface area contributed by atoms with Crippen molar-refractivity contribution in [2.24, 2.45) is 5.92 Å². The van der Waals surface area contributed by atoms with Crippen molar-refractivity contribution in [1.29, 1.82) is 0 Å². The molecule has 0 unspecified atom stereocenters. The molecule has 1 atom stereocenters. The zero-order valence-corrected chi connectivity index (χ0v) is 17.0. The van der Waals surface area contributed by atoms with Gasteiger partial charge in [0.05, 0.1) is 18.1 Å². The fraction of sp³-hybridized carbons (Fsp3) is 0.667. The van der Waals surface area contributed by atoms with Crippen molar-refractivity contribution in [3.63, 3.8) is 0 Å². The van der Waals surface area contributed by atoms with Crippen molar-refractivity contribution in [3.8, 4) is 0 Å². The highest BCUT2D eigenvalue weighted by Gasteiger charge is 2.32. The first-order valence-corrected chi connectivity index (χ1v) is 10.3. The Hall–Kier alpha value is -1.99. The normalized spacial score (nSPS) is 21.5. The van der Waals surface area contributed by atoms with Crippen molar-refractivity contribution >= 4 is 11.8 Å². The third-order valence-electron chi connectivity index (χ3n) is 5.93. The predicted molar refractivity (Wildman–Crippen MR) is 107 cm³/mol. The van der Waals surface area contributed by atoms with Gasteiger partial charge >= 0.3 is 0 Å². The van der Waals surface area contributed by atoms with Gasteiger partial charge in [-0.05, 0) is 51.3 Å². The molecule has 2 fully saturated rings. The van der Waals surface area contributed by atoms with Crippen LogP contribution in [0.25, 0.3) is 0 Å². The van der Waals surface area contributed by atoms with E-state index in [1.54, 1.807) is 13.3 Å². The number of nitrogens with zero attached hydrogens (tertiary/aromatic N) is 3. The van der Waals surface area contributed by atoms with Crippen LogP contribution >= 0.6 is 0 Å². The highest BCUT2D eigenvalue weighted by Crippen LogP contribution is 2.25. The first-order valence-electron chi connectivity index (χ1n) is 10.3. The number of aromatic nitrogens is 1. The number of aryl methyl sites for hydroxylation is 1. The Kier molecular flexibility index (Phi) is 7.39. The third kappa shape index (κ3) is 5.08. The van der Waals surface area contributed by atoms with Crippen LogP contribution in [0.15, 0.2) is 18.3 Å². The summed E-state index contributed by atoms with van der Waals surface area (Å²) >= 11 is 0. The van der Waals surface area contributed by atoms with Crippen LogP contribution < -0.4 is 5.32 Å². The van der Waals surface area contributed by atoms with Crippen LogP contribution in [0.1, 0.15) is 41.7 Å². The molecule has 3 rings (SSSR count). The number of pyridine rings is 1. The maximum Gasteiger partial charge on any atom is 0.255 e. The molecule has 2 saturated heterocycles. The van der Waals surface area contributed by atoms with Gasteiger partial charge in [-0.15, -0.1) is 0 Å². The molecule has 2 aliphatic heterocycles. The van der Waals surface area contributed by atoms with Crippen LogP contribution in [-0.2, 0) is 9.53 Å². The molecule has 1 N–H and O–H groups in total. The predicted octanol–water partition coefficient (Wildman–Crippen LogP) is 1.47.